The second kappa shape index (κ2) is 10.6. The number of aliphatic hydroxyl groups excluding tert-OH is 2. The lowest BCUT2D eigenvalue weighted by Gasteiger charge is -2.38. The van der Waals surface area contributed by atoms with Crippen LogP contribution in [0.5, 0.6) is 0 Å². The predicted octanol–water partition coefficient (Wildman–Crippen LogP) is 2.00. The molecule has 8 heteroatoms. The minimum atomic E-state index is -1.18. The van der Waals surface area contributed by atoms with E-state index in [1.54, 1.807) is 19.2 Å². The quantitative estimate of drug-likeness (QED) is 0.520. The summed E-state index contributed by atoms with van der Waals surface area (Å²) in [5.41, 5.74) is 7.60. The number of carbonyl (C=O) groups is 2. The lowest BCUT2D eigenvalue weighted by atomic mass is 9.86. The van der Waals surface area contributed by atoms with E-state index in [1.165, 1.54) is 9.80 Å². The first-order valence-corrected chi connectivity index (χ1v) is 10.8. The minimum Gasteiger partial charge on any atom is -0.465 e. The number of hydrogen-bond acceptors (Lipinski definition) is 5. The Morgan fingerprint density at radius 1 is 0.969 bits per heavy atom. The van der Waals surface area contributed by atoms with Gasteiger partial charge in [-0.25, -0.2) is 4.79 Å². The average molecular weight is 442 g/mol. The normalized spacial score (nSPS) is 18.4. The fourth-order valence-electron chi connectivity index (χ4n) is 4.34. The largest absolute Gasteiger partial charge is 0.465 e. The van der Waals surface area contributed by atoms with Gasteiger partial charge in [0.15, 0.2) is 0 Å². The van der Waals surface area contributed by atoms with Crippen molar-refractivity contribution in [1.29, 1.82) is 0 Å². The van der Waals surface area contributed by atoms with Gasteiger partial charge in [-0.2, -0.15) is 0 Å². The van der Waals surface area contributed by atoms with E-state index in [9.17, 15) is 19.8 Å². The van der Waals surface area contributed by atoms with Gasteiger partial charge in [-0.05, 0) is 29.9 Å². The van der Waals surface area contributed by atoms with Crippen LogP contribution < -0.4 is 5.73 Å². The van der Waals surface area contributed by atoms with E-state index in [4.69, 9.17) is 10.8 Å². The van der Waals surface area contributed by atoms with E-state index in [1.807, 2.05) is 48.5 Å². The summed E-state index contributed by atoms with van der Waals surface area (Å²) >= 11 is 0. The molecule has 1 aliphatic heterocycles. The van der Waals surface area contributed by atoms with Gasteiger partial charge >= 0.3 is 6.09 Å². The van der Waals surface area contributed by atoms with E-state index in [0.717, 1.165) is 5.56 Å². The molecule has 1 heterocycles. The topological polar surface area (TPSA) is 127 Å². The average Bonchev–Trinajstić information content (AvgIpc) is 2.83. The van der Waals surface area contributed by atoms with E-state index >= 15 is 0 Å². The molecule has 2 aromatic carbocycles. The standard InChI is InChI=1S/C24H31N3O5/c1-26(23(30)19(25)21(28)18-12-14-27(15-13-18)24(31)32)20(16-8-4-2-5-9-16)22(29)17-10-6-3-7-11-17/h2-11,18-22,28-29H,12-15,25H2,1H3,(H,31,32)/t19-,20+,21+,22+/m1/s1. The van der Waals surface area contributed by atoms with Gasteiger partial charge in [-0.1, -0.05) is 60.7 Å². The van der Waals surface area contributed by atoms with Crippen LogP contribution in [0, 0.1) is 5.92 Å². The second-order valence-corrected chi connectivity index (χ2v) is 8.28. The molecule has 32 heavy (non-hydrogen) atoms. The highest BCUT2D eigenvalue weighted by molar-refractivity contribution is 5.82. The molecule has 1 saturated heterocycles. The Kier molecular flexibility index (Phi) is 7.84. The van der Waals surface area contributed by atoms with Gasteiger partial charge in [0.1, 0.15) is 12.1 Å². The van der Waals surface area contributed by atoms with Crippen molar-refractivity contribution in [2.24, 2.45) is 11.7 Å². The van der Waals surface area contributed by atoms with Crippen LogP contribution in [0.1, 0.15) is 36.1 Å². The van der Waals surface area contributed by atoms with Crippen LogP contribution >= 0.6 is 0 Å². The van der Waals surface area contributed by atoms with Gasteiger partial charge in [-0.15, -0.1) is 0 Å². The number of nitrogens with zero attached hydrogens (tertiary/aromatic N) is 2. The molecule has 8 nitrogen and oxygen atoms in total. The fraction of sp³-hybridized carbons (Fsp3) is 0.417. The number of carbonyl (C=O) groups excluding carboxylic acids is 1. The number of carboxylic acid groups (broad SMARTS) is 1. The van der Waals surface area contributed by atoms with Crippen molar-refractivity contribution in [3.8, 4) is 0 Å². The number of nitrogens with two attached hydrogens (primary N) is 1. The van der Waals surface area contributed by atoms with Gasteiger partial charge in [0.05, 0.1) is 12.1 Å². The Hall–Kier alpha value is -2.94. The second-order valence-electron chi connectivity index (χ2n) is 8.28. The highest BCUT2D eigenvalue weighted by Gasteiger charge is 2.38. The molecule has 3 rings (SSSR count). The third-order valence-corrected chi connectivity index (χ3v) is 6.29. The summed E-state index contributed by atoms with van der Waals surface area (Å²) in [5.74, 6) is -0.755. The fourth-order valence-corrected chi connectivity index (χ4v) is 4.34. The van der Waals surface area contributed by atoms with E-state index < -0.39 is 36.3 Å². The van der Waals surface area contributed by atoms with Gasteiger partial charge in [0, 0.05) is 20.1 Å². The molecule has 4 atom stereocenters. The number of hydrogen-bond donors (Lipinski definition) is 4. The van der Waals surface area contributed by atoms with Crippen LogP contribution in [0.25, 0.3) is 0 Å². The molecule has 0 aliphatic carbocycles. The zero-order valence-electron chi connectivity index (χ0n) is 18.1. The number of piperidine rings is 1. The zero-order valence-corrected chi connectivity index (χ0v) is 18.1. The number of likely N-dealkylation sites (N-methyl/N-ethyl adjacent to an activating group) is 1. The molecule has 0 unspecified atom stereocenters. The molecule has 2 amide bonds. The molecule has 2 aromatic rings. The first-order valence-electron chi connectivity index (χ1n) is 10.8. The Balaban J connectivity index is 1.77. The summed E-state index contributed by atoms with van der Waals surface area (Å²) in [7, 11) is 1.58. The molecule has 1 fully saturated rings. The number of benzene rings is 2. The Morgan fingerprint density at radius 2 is 1.47 bits per heavy atom. The van der Waals surface area contributed by atoms with Crippen LogP contribution in [0.2, 0.25) is 0 Å². The third kappa shape index (κ3) is 5.27. The van der Waals surface area contributed by atoms with Crippen molar-refractivity contribution >= 4 is 12.0 Å². The highest BCUT2D eigenvalue weighted by atomic mass is 16.4. The summed E-state index contributed by atoms with van der Waals surface area (Å²) in [4.78, 5) is 27.1. The molecule has 0 saturated carbocycles. The first-order chi connectivity index (χ1) is 15.3. The van der Waals surface area contributed by atoms with Gasteiger partial charge in [0.2, 0.25) is 5.91 Å². The van der Waals surface area contributed by atoms with Crippen LogP contribution in [0.15, 0.2) is 60.7 Å². The van der Waals surface area contributed by atoms with Crippen LogP contribution in [0.4, 0.5) is 4.79 Å². The number of likely N-dealkylation sites (tertiary alicyclic amines) is 1. The van der Waals surface area contributed by atoms with Crippen LogP contribution in [-0.4, -0.2) is 69.4 Å². The van der Waals surface area contributed by atoms with Gasteiger partial charge < -0.3 is 30.9 Å². The Labute approximate surface area is 187 Å². The summed E-state index contributed by atoms with van der Waals surface area (Å²) < 4.78 is 0. The van der Waals surface area contributed by atoms with Crippen molar-refractivity contribution < 1.29 is 24.9 Å². The summed E-state index contributed by atoms with van der Waals surface area (Å²) in [6.45, 7) is 0.598. The number of aliphatic hydroxyl groups is 2. The maximum atomic E-state index is 13.3. The molecular weight excluding hydrogens is 410 g/mol. The molecule has 0 aromatic heterocycles. The van der Waals surface area contributed by atoms with E-state index in [-0.39, 0.29) is 5.92 Å². The van der Waals surface area contributed by atoms with Gasteiger partial charge in [0.25, 0.3) is 0 Å². The first kappa shape index (κ1) is 23.7. The summed E-state index contributed by atoms with van der Waals surface area (Å²) in [6.07, 6.45) is -2.21. The lowest BCUT2D eigenvalue weighted by Crippen LogP contribution is -2.54. The van der Waals surface area contributed by atoms with E-state index in [2.05, 4.69) is 0 Å². The van der Waals surface area contributed by atoms with Gasteiger partial charge in [-0.3, -0.25) is 4.79 Å². The maximum absolute atomic E-state index is 13.3. The number of rotatable bonds is 7. The van der Waals surface area contributed by atoms with Crippen molar-refractivity contribution in [1.82, 2.24) is 9.80 Å². The SMILES string of the molecule is CN(C(=O)[C@H](N)[C@@H](O)C1CCN(C(=O)O)CC1)[C@@H](c1ccccc1)[C@@H](O)c1ccccc1. The van der Waals surface area contributed by atoms with E-state index in [0.29, 0.717) is 31.5 Å². The third-order valence-electron chi connectivity index (χ3n) is 6.29. The highest BCUT2D eigenvalue weighted by Crippen LogP contribution is 2.34. The number of amides is 2. The Morgan fingerprint density at radius 3 is 1.97 bits per heavy atom. The predicted molar refractivity (Wildman–Crippen MR) is 120 cm³/mol. The van der Waals surface area contributed by atoms with Crippen molar-refractivity contribution in [3.63, 3.8) is 0 Å². The summed E-state index contributed by atoms with van der Waals surface area (Å²) in [6, 6.07) is 16.4. The molecular formula is C24H31N3O5. The van der Waals surface area contributed by atoms with Crippen LogP contribution in [-0.2, 0) is 4.79 Å². The molecule has 0 bridgehead atoms. The van der Waals surface area contributed by atoms with Crippen LogP contribution in [0.3, 0.4) is 0 Å². The van der Waals surface area contributed by atoms with Crippen molar-refractivity contribution in [3.05, 3.63) is 71.8 Å². The van der Waals surface area contributed by atoms with Crippen molar-refractivity contribution in [2.75, 3.05) is 20.1 Å². The smallest absolute Gasteiger partial charge is 0.407 e. The minimum absolute atomic E-state index is 0.271. The summed E-state index contributed by atoms with van der Waals surface area (Å²) in [5, 5.41) is 31.0. The van der Waals surface area contributed by atoms with Crippen molar-refractivity contribution in [2.45, 2.75) is 37.1 Å². The molecule has 5 N–H and O–H groups in total. The molecule has 0 radical (unpaired) electrons. The molecule has 172 valence electrons. The maximum Gasteiger partial charge on any atom is 0.407 e. The zero-order chi connectivity index (χ0) is 23.3. The molecule has 0 spiro atoms. The monoisotopic (exact) mass is 441 g/mol. The Bertz CT molecular complexity index is 887. The molecule has 1 aliphatic rings. The lowest BCUT2D eigenvalue weighted by molar-refractivity contribution is -0.140.